The van der Waals surface area contributed by atoms with Crippen molar-refractivity contribution in [1.29, 1.82) is 0 Å². The van der Waals surface area contributed by atoms with Crippen molar-refractivity contribution in [3.05, 3.63) is 69.8 Å². The van der Waals surface area contributed by atoms with Crippen LogP contribution in [0.3, 0.4) is 0 Å². The third-order valence-corrected chi connectivity index (χ3v) is 4.27. The van der Waals surface area contributed by atoms with Gasteiger partial charge in [-0.1, -0.05) is 6.07 Å². The predicted molar refractivity (Wildman–Crippen MR) is 84.3 cm³/mol. The van der Waals surface area contributed by atoms with Gasteiger partial charge in [0, 0.05) is 17.1 Å². The number of benzene rings is 1. The Hall–Kier alpha value is -2.87. The van der Waals surface area contributed by atoms with E-state index in [1.807, 2.05) is 11.4 Å². The van der Waals surface area contributed by atoms with Gasteiger partial charge in [-0.25, -0.2) is 9.18 Å². The first-order valence-electron chi connectivity index (χ1n) is 6.82. The minimum atomic E-state index is -0.376. The minimum Gasteiger partial charge on any atom is -0.256 e. The lowest BCUT2D eigenvalue weighted by Gasteiger charge is -2.05. The molecule has 0 aliphatic heterocycles. The van der Waals surface area contributed by atoms with Crippen molar-refractivity contribution in [3.63, 3.8) is 0 Å². The van der Waals surface area contributed by atoms with Crippen LogP contribution in [0.4, 0.5) is 4.39 Å². The van der Waals surface area contributed by atoms with Gasteiger partial charge in [-0.2, -0.15) is 9.36 Å². The molecule has 3 aromatic heterocycles. The summed E-state index contributed by atoms with van der Waals surface area (Å²) in [5.74, 6) is -0.376. The number of fused-ring (bicyclic) bond motifs is 1. The van der Waals surface area contributed by atoms with Crippen molar-refractivity contribution >= 4 is 22.2 Å². The van der Waals surface area contributed by atoms with E-state index in [-0.39, 0.29) is 18.1 Å². The van der Waals surface area contributed by atoms with E-state index in [2.05, 4.69) is 15.4 Å². The quantitative estimate of drug-likeness (QED) is 0.579. The molecule has 0 amide bonds. The summed E-state index contributed by atoms with van der Waals surface area (Å²) in [5.41, 5.74) is 0.855. The molecule has 0 fully saturated rings. The fourth-order valence-corrected chi connectivity index (χ4v) is 3.08. The van der Waals surface area contributed by atoms with Crippen molar-refractivity contribution < 1.29 is 4.39 Å². The van der Waals surface area contributed by atoms with Crippen LogP contribution in [-0.2, 0) is 6.54 Å². The van der Waals surface area contributed by atoms with Crippen LogP contribution in [0.25, 0.3) is 15.9 Å². The number of hydrogen-bond acceptors (Lipinski definition) is 5. The molecule has 114 valence electrons. The van der Waals surface area contributed by atoms with Crippen molar-refractivity contribution in [2.75, 3.05) is 0 Å². The summed E-state index contributed by atoms with van der Waals surface area (Å²) in [6.07, 6.45) is 1.63. The van der Waals surface area contributed by atoms with E-state index in [1.54, 1.807) is 24.4 Å². The molecule has 0 radical (unpaired) electrons. The Kier molecular flexibility index (Phi) is 3.23. The second-order valence-electron chi connectivity index (χ2n) is 4.92. The van der Waals surface area contributed by atoms with Gasteiger partial charge in [0.05, 0.1) is 12.1 Å². The highest BCUT2D eigenvalue weighted by molar-refractivity contribution is 7.12. The van der Waals surface area contributed by atoms with Gasteiger partial charge in [0.25, 0.3) is 0 Å². The Bertz CT molecular complexity index is 1040. The SMILES string of the molecule is O=c1n(Cc2cc(F)cc3cccnc23)nnn1-c1cccs1. The summed E-state index contributed by atoms with van der Waals surface area (Å²) in [7, 11) is 0. The second kappa shape index (κ2) is 5.40. The number of thiophene rings is 1. The molecule has 6 nitrogen and oxygen atoms in total. The maximum atomic E-state index is 13.8. The Morgan fingerprint density at radius 1 is 1.17 bits per heavy atom. The monoisotopic (exact) mass is 327 g/mol. The van der Waals surface area contributed by atoms with Crippen molar-refractivity contribution in [1.82, 2.24) is 24.8 Å². The predicted octanol–water partition coefficient (Wildman–Crippen LogP) is 2.23. The van der Waals surface area contributed by atoms with Gasteiger partial charge >= 0.3 is 5.69 Å². The molecule has 4 rings (SSSR count). The Labute approximate surface area is 133 Å². The molecule has 0 spiro atoms. The molecule has 23 heavy (non-hydrogen) atoms. The van der Waals surface area contributed by atoms with Crippen LogP contribution >= 0.6 is 11.3 Å². The summed E-state index contributed by atoms with van der Waals surface area (Å²) in [6, 6.07) is 9.91. The molecular formula is C15H10FN5OS. The van der Waals surface area contributed by atoms with Gasteiger partial charge in [0.2, 0.25) is 0 Å². The summed E-state index contributed by atoms with van der Waals surface area (Å²) < 4.78 is 16.2. The molecule has 1 aromatic carbocycles. The summed E-state index contributed by atoms with van der Waals surface area (Å²) in [6.45, 7) is 0.107. The largest absolute Gasteiger partial charge is 0.369 e. The summed E-state index contributed by atoms with van der Waals surface area (Å²) >= 11 is 1.39. The second-order valence-corrected chi connectivity index (χ2v) is 5.85. The van der Waals surface area contributed by atoms with Crippen LogP contribution in [0.1, 0.15) is 5.56 Å². The fraction of sp³-hybridized carbons (Fsp3) is 0.0667. The number of rotatable bonds is 3. The van der Waals surface area contributed by atoms with E-state index in [0.717, 1.165) is 0 Å². The van der Waals surface area contributed by atoms with Crippen molar-refractivity contribution in [2.45, 2.75) is 6.54 Å². The van der Waals surface area contributed by atoms with Crippen LogP contribution < -0.4 is 5.69 Å². The summed E-state index contributed by atoms with van der Waals surface area (Å²) in [4.78, 5) is 16.7. The van der Waals surface area contributed by atoms with Crippen LogP contribution in [0.15, 0.2) is 52.8 Å². The number of nitrogens with zero attached hydrogens (tertiary/aromatic N) is 5. The van der Waals surface area contributed by atoms with E-state index in [1.165, 1.54) is 32.8 Å². The average Bonchev–Trinajstić information content (AvgIpc) is 3.18. The first kappa shape index (κ1) is 13.8. The average molecular weight is 327 g/mol. The van der Waals surface area contributed by atoms with Crippen LogP contribution in [0, 0.1) is 5.82 Å². The molecule has 0 unspecified atom stereocenters. The Morgan fingerprint density at radius 3 is 2.91 bits per heavy atom. The normalized spacial score (nSPS) is 11.2. The number of tetrazole rings is 1. The molecule has 0 saturated heterocycles. The van der Waals surface area contributed by atoms with E-state index in [9.17, 15) is 9.18 Å². The summed E-state index contributed by atoms with van der Waals surface area (Å²) in [5, 5.41) is 11.0. The Morgan fingerprint density at radius 2 is 2.09 bits per heavy atom. The highest BCUT2D eigenvalue weighted by atomic mass is 32.1. The molecular weight excluding hydrogens is 317 g/mol. The molecule has 8 heteroatoms. The number of aromatic nitrogens is 5. The van der Waals surface area contributed by atoms with Crippen molar-refractivity contribution in [2.24, 2.45) is 0 Å². The highest BCUT2D eigenvalue weighted by Gasteiger charge is 2.12. The number of halogens is 1. The van der Waals surface area contributed by atoms with Crippen LogP contribution in [-0.4, -0.2) is 24.8 Å². The van der Waals surface area contributed by atoms with Gasteiger partial charge in [-0.15, -0.1) is 11.3 Å². The maximum Gasteiger partial charge on any atom is 0.369 e. The zero-order valence-corrected chi connectivity index (χ0v) is 12.6. The molecule has 0 aliphatic carbocycles. The van der Waals surface area contributed by atoms with Gasteiger partial charge in [-0.3, -0.25) is 4.98 Å². The van der Waals surface area contributed by atoms with Gasteiger partial charge in [0.15, 0.2) is 0 Å². The lowest BCUT2D eigenvalue weighted by Crippen LogP contribution is -2.24. The molecule has 4 aromatic rings. The molecule has 3 heterocycles. The van der Waals surface area contributed by atoms with Gasteiger partial charge < -0.3 is 0 Å². The zero-order chi connectivity index (χ0) is 15.8. The van der Waals surface area contributed by atoms with E-state index < -0.39 is 0 Å². The van der Waals surface area contributed by atoms with Gasteiger partial charge in [0.1, 0.15) is 10.8 Å². The Balaban J connectivity index is 1.79. The van der Waals surface area contributed by atoms with Crippen LogP contribution in [0.2, 0.25) is 0 Å². The first-order valence-corrected chi connectivity index (χ1v) is 7.70. The number of hydrogen-bond donors (Lipinski definition) is 0. The lowest BCUT2D eigenvalue weighted by atomic mass is 10.1. The molecule has 0 aliphatic rings. The smallest absolute Gasteiger partial charge is 0.256 e. The van der Waals surface area contributed by atoms with E-state index >= 15 is 0 Å². The van der Waals surface area contributed by atoms with E-state index in [4.69, 9.17) is 0 Å². The maximum absolute atomic E-state index is 13.8. The minimum absolute atomic E-state index is 0.107. The standard InChI is InChI=1S/C15H10FN5OS/c16-12-7-10-3-1-5-17-14(10)11(8-12)9-20-15(22)21(19-18-20)13-4-2-6-23-13/h1-8H,9H2. The van der Waals surface area contributed by atoms with Gasteiger partial charge in [-0.05, 0) is 46.1 Å². The molecule has 0 saturated carbocycles. The topological polar surface area (TPSA) is 65.6 Å². The van der Waals surface area contributed by atoms with Crippen LogP contribution in [0.5, 0.6) is 0 Å². The molecule has 0 N–H and O–H groups in total. The zero-order valence-electron chi connectivity index (χ0n) is 11.8. The lowest BCUT2D eigenvalue weighted by molar-refractivity contribution is 0.611. The molecule has 0 atom stereocenters. The molecule has 0 bridgehead atoms. The third kappa shape index (κ3) is 2.42. The van der Waals surface area contributed by atoms with Crippen molar-refractivity contribution in [3.8, 4) is 5.00 Å². The number of pyridine rings is 1. The fourth-order valence-electron chi connectivity index (χ4n) is 2.41. The third-order valence-electron chi connectivity index (χ3n) is 3.42. The first-order chi connectivity index (χ1) is 11.2. The van der Waals surface area contributed by atoms with E-state index in [0.29, 0.717) is 21.5 Å². The highest BCUT2D eigenvalue weighted by Crippen LogP contribution is 2.19.